The molecule has 2 aromatic carbocycles. The first-order valence-electron chi connectivity index (χ1n) is 4.03. The molecule has 0 fully saturated rings. The van der Waals surface area contributed by atoms with Gasteiger partial charge in [0.15, 0.2) is 0 Å². The lowest BCUT2D eigenvalue weighted by Crippen LogP contribution is -2.16. The molecule has 0 aliphatic carbocycles. The van der Waals surface area contributed by atoms with Crippen molar-refractivity contribution >= 4 is 23.7 Å². The molecular weight excluding hydrogens is 163 g/mol. The molecule has 2 nitrogen and oxygen atoms in total. The van der Waals surface area contributed by atoms with Crippen LogP contribution in [-0.4, -0.2) is 12.7 Å². The summed E-state index contributed by atoms with van der Waals surface area (Å²) in [6, 6.07) is 13.8. The van der Waals surface area contributed by atoms with E-state index in [4.69, 9.17) is 5.26 Å². The van der Waals surface area contributed by atoms with E-state index in [0.717, 1.165) is 16.2 Å². The summed E-state index contributed by atoms with van der Waals surface area (Å²) in [5.74, 6) is 0. The van der Waals surface area contributed by atoms with Crippen LogP contribution in [0.4, 0.5) is 0 Å². The number of rotatable bonds is 2. The Morgan fingerprint density at radius 2 is 1.77 bits per heavy atom. The summed E-state index contributed by atoms with van der Waals surface area (Å²) in [5, 5.41) is 10.5. The van der Waals surface area contributed by atoms with Crippen LogP contribution in [0.3, 0.4) is 0 Å². The van der Waals surface area contributed by atoms with Crippen molar-refractivity contribution in [3.63, 3.8) is 0 Å². The molecule has 0 bridgehead atoms. The predicted octanol–water partition coefficient (Wildman–Crippen LogP) is 1.57. The molecule has 0 unspecified atom stereocenters. The number of hydrogen-bond acceptors (Lipinski definition) is 2. The molecule has 1 radical (unpaired) electrons. The zero-order valence-electron chi connectivity index (χ0n) is 6.97. The van der Waals surface area contributed by atoms with E-state index in [-0.39, 0.29) is 0 Å². The molecule has 0 saturated heterocycles. The average Bonchev–Trinajstić information content (AvgIpc) is 2.19. The highest BCUT2D eigenvalue weighted by atomic mass is 17.1. The fourth-order valence-electron chi connectivity index (χ4n) is 1.41. The minimum atomic E-state index is 0.876. The van der Waals surface area contributed by atoms with Gasteiger partial charge in [-0.25, -0.2) is 0 Å². The molecule has 3 heteroatoms. The standard InChI is InChI=1S/C10H8BO2/c12-13-11-10-7-3-5-8-4-1-2-6-9(8)10/h1-7,12H. The van der Waals surface area contributed by atoms with Gasteiger partial charge in [0.2, 0.25) is 0 Å². The van der Waals surface area contributed by atoms with Crippen molar-refractivity contribution in [1.82, 2.24) is 0 Å². The summed E-state index contributed by atoms with van der Waals surface area (Å²) in [6.07, 6.45) is 0. The van der Waals surface area contributed by atoms with Crippen molar-refractivity contribution in [3.8, 4) is 0 Å². The Kier molecular flexibility index (Phi) is 2.30. The Morgan fingerprint density at radius 1 is 1.00 bits per heavy atom. The summed E-state index contributed by atoms with van der Waals surface area (Å²) in [5.41, 5.74) is 0.876. The monoisotopic (exact) mass is 171 g/mol. The third kappa shape index (κ3) is 1.57. The van der Waals surface area contributed by atoms with Gasteiger partial charge in [-0.2, -0.15) is 0 Å². The minimum Gasteiger partial charge on any atom is -0.307 e. The van der Waals surface area contributed by atoms with Gasteiger partial charge >= 0.3 is 7.48 Å². The molecule has 0 aliphatic rings. The van der Waals surface area contributed by atoms with Crippen LogP contribution in [0.25, 0.3) is 10.8 Å². The van der Waals surface area contributed by atoms with Gasteiger partial charge in [0.25, 0.3) is 0 Å². The molecule has 1 N–H and O–H groups in total. The van der Waals surface area contributed by atoms with Gasteiger partial charge in [-0.3, -0.25) is 5.26 Å². The first-order valence-corrected chi connectivity index (χ1v) is 4.03. The topological polar surface area (TPSA) is 29.5 Å². The minimum absolute atomic E-state index is 0.876. The van der Waals surface area contributed by atoms with Crippen LogP contribution in [0.5, 0.6) is 0 Å². The Balaban J connectivity index is 2.61. The molecule has 0 heterocycles. The molecule has 63 valence electrons. The maximum Gasteiger partial charge on any atom is 0.381 e. The van der Waals surface area contributed by atoms with E-state index in [1.807, 2.05) is 42.5 Å². The smallest absolute Gasteiger partial charge is 0.307 e. The molecule has 0 amide bonds. The fourth-order valence-corrected chi connectivity index (χ4v) is 1.41. The summed E-state index contributed by atoms with van der Waals surface area (Å²) in [4.78, 5) is 4.01. The van der Waals surface area contributed by atoms with E-state index in [0.29, 0.717) is 0 Å². The SMILES string of the molecule is OO[B]c1cccc2ccccc12. The maximum atomic E-state index is 8.32. The van der Waals surface area contributed by atoms with Crippen LogP contribution in [0.2, 0.25) is 0 Å². The molecular formula is C10H8BO2. The largest absolute Gasteiger partial charge is 0.381 e. The zero-order chi connectivity index (χ0) is 9.10. The van der Waals surface area contributed by atoms with Crippen LogP contribution < -0.4 is 5.46 Å². The van der Waals surface area contributed by atoms with E-state index in [1.165, 1.54) is 7.48 Å². The summed E-state index contributed by atoms with van der Waals surface area (Å²) in [7, 11) is 1.32. The second kappa shape index (κ2) is 3.60. The maximum absolute atomic E-state index is 8.32. The number of fused-ring (bicyclic) bond motifs is 1. The summed E-state index contributed by atoms with van der Waals surface area (Å²) < 4.78 is 0. The van der Waals surface area contributed by atoms with Crippen molar-refractivity contribution < 1.29 is 10.1 Å². The fraction of sp³-hybridized carbons (Fsp3) is 0. The Labute approximate surface area is 77.0 Å². The van der Waals surface area contributed by atoms with Gasteiger partial charge in [-0.15, -0.1) is 0 Å². The third-order valence-corrected chi connectivity index (χ3v) is 2.00. The molecule has 0 aromatic heterocycles. The van der Waals surface area contributed by atoms with Gasteiger partial charge in [-0.1, -0.05) is 42.5 Å². The van der Waals surface area contributed by atoms with E-state index in [9.17, 15) is 0 Å². The number of hydrogen-bond donors (Lipinski definition) is 1. The first-order chi connectivity index (χ1) is 6.42. The van der Waals surface area contributed by atoms with Gasteiger partial charge < -0.3 is 4.81 Å². The normalized spacial score (nSPS) is 10.2. The predicted molar refractivity (Wildman–Crippen MR) is 53.0 cm³/mol. The van der Waals surface area contributed by atoms with Crippen molar-refractivity contribution in [2.24, 2.45) is 0 Å². The number of benzene rings is 2. The van der Waals surface area contributed by atoms with Gasteiger partial charge in [0.1, 0.15) is 0 Å². The molecule has 2 aromatic rings. The van der Waals surface area contributed by atoms with Crippen molar-refractivity contribution in [2.75, 3.05) is 0 Å². The quantitative estimate of drug-likeness (QED) is 0.422. The Morgan fingerprint density at radius 3 is 2.62 bits per heavy atom. The molecule has 0 saturated carbocycles. The molecule has 0 atom stereocenters. The van der Waals surface area contributed by atoms with Crippen LogP contribution in [0, 0.1) is 0 Å². The summed E-state index contributed by atoms with van der Waals surface area (Å²) >= 11 is 0. The van der Waals surface area contributed by atoms with E-state index >= 15 is 0 Å². The molecule has 0 aliphatic heterocycles. The van der Waals surface area contributed by atoms with E-state index < -0.39 is 0 Å². The lowest BCUT2D eigenvalue weighted by atomic mass is 9.84. The second-order valence-electron chi connectivity index (χ2n) is 2.79. The van der Waals surface area contributed by atoms with Crippen LogP contribution >= 0.6 is 0 Å². The third-order valence-electron chi connectivity index (χ3n) is 2.00. The van der Waals surface area contributed by atoms with E-state index in [2.05, 4.69) is 4.81 Å². The first kappa shape index (κ1) is 8.29. The molecule has 13 heavy (non-hydrogen) atoms. The van der Waals surface area contributed by atoms with Gasteiger partial charge in [-0.05, 0) is 16.2 Å². The van der Waals surface area contributed by atoms with Crippen LogP contribution in [-0.2, 0) is 4.81 Å². The zero-order valence-corrected chi connectivity index (χ0v) is 6.97. The lowest BCUT2D eigenvalue weighted by Gasteiger charge is -2.02. The molecule has 0 spiro atoms. The average molecular weight is 171 g/mol. The second-order valence-corrected chi connectivity index (χ2v) is 2.79. The van der Waals surface area contributed by atoms with Crippen molar-refractivity contribution in [2.45, 2.75) is 0 Å². The summed E-state index contributed by atoms with van der Waals surface area (Å²) in [6.45, 7) is 0. The van der Waals surface area contributed by atoms with E-state index in [1.54, 1.807) is 0 Å². The van der Waals surface area contributed by atoms with Crippen LogP contribution in [0.15, 0.2) is 42.5 Å². The molecule has 2 rings (SSSR count). The van der Waals surface area contributed by atoms with Gasteiger partial charge in [0.05, 0.1) is 0 Å². The Bertz CT molecular complexity index is 409. The van der Waals surface area contributed by atoms with Crippen molar-refractivity contribution in [1.29, 1.82) is 0 Å². The highest BCUT2D eigenvalue weighted by Crippen LogP contribution is 2.09. The van der Waals surface area contributed by atoms with Crippen molar-refractivity contribution in [3.05, 3.63) is 42.5 Å². The van der Waals surface area contributed by atoms with Gasteiger partial charge in [0, 0.05) is 0 Å². The Hall–Kier alpha value is -1.32. The van der Waals surface area contributed by atoms with Crippen LogP contribution in [0.1, 0.15) is 0 Å². The highest BCUT2D eigenvalue weighted by molar-refractivity contribution is 6.51. The lowest BCUT2D eigenvalue weighted by molar-refractivity contribution is -0.135. The highest BCUT2D eigenvalue weighted by Gasteiger charge is 2.01.